The Morgan fingerprint density at radius 1 is 1.14 bits per heavy atom. The fourth-order valence-corrected chi connectivity index (χ4v) is 5.86. The van der Waals surface area contributed by atoms with Gasteiger partial charge in [0.2, 0.25) is 10.0 Å². The second kappa shape index (κ2) is 9.41. The molecule has 1 aliphatic heterocycles. The molecule has 1 aliphatic carbocycles. The molecule has 0 bridgehead atoms. The molecule has 1 heterocycles. The van der Waals surface area contributed by atoms with Gasteiger partial charge in [0.05, 0.1) is 17.7 Å². The van der Waals surface area contributed by atoms with Crippen LogP contribution < -0.4 is 15.4 Å². The van der Waals surface area contributed by atoms with Crippen LogP contribution in [0.1, 0.15) is 51.9 Å². The van der Waals surface area contributed by atoms with Gasteiger partial charge in [-0.1, -0.05) is 26.2 Å². The van der Waals surface area contributed by atoms with E-state index in [1.165, 1.54) is 19.3 Å². The van der Waals surface area contributed by atoms with Crippen LogP contribution in [0.5, 0.6) is 5.75 Å². The lowest BCUT2D eigenvalue weighted by atomic mass is 9.86. The van der Waals surface area contributed by atoms with Gasteiger partial charge in [-0.05, 0) is 62.0 Å². The van der Waals surface area contributed by atoms with Crippen molar-refractivity contribution < 1.29 is 13.2 Å². The molecule has 1 aromatic rings. The average molecular weight is 426 g/mol. The van der Waals surface area contributed by atoms with E-state index in [9.17, 15) is 8.42 Å². The number of anilines is 1. The summed E-state index contributed by atoms with van der Waals surface area (Å²) in [6.07, 6.45) is 7.68. The molecule has 0 unspecified atom stereocenters. The van der Waals surface area contributed by atoms with Crippen LogP contribution in [0.4, 0.5) is 5.69 Å². The maximum atomic E-state index is 13.0. The summed E-state index contributed by atoms with van der Waals surface area (Å²) in [4.78, 5) is 0.270. The average Bonchev–Trinajstić information content (AvgIpc) is 2.70. The molecule has 8 heteroatoms. The summed E-state index contributed by atoms with van der Waals surface area (Å²) in [5, 5.41) is 7.06. The summed E-state index contributed by atoms with van der Waals surface area (Å²) in [5.74, 6) is 1.14. The molecule has 1 saturated heterocycles. The Morgan fingerprint density at radius 2 is 1.86 bits per heavy atom. The molecule has 28 heavy (non-hydrogen) atoms. The molecule has 6 nitrogen and oxygen atoms in total. The summed E-state index contributed by atoms with van der Waals surface area (Å²) >= 11 is 5.50. The number of sulfonamides is 1. The molecule has 2 atom stereocenters. The molecule has 156 valence electrons. The van der Waals surface area contributed by atoms with E-state index >= 15 is 0 Å². The minimum atomic E-state index is -3.51. The lowest BCUT2D eigenvalue weighted by Crippen LogP contribution is -2.43. The Kier molecular flexibility index (Phi) is 7.17. The molecular weight excluding hydrogens is 394 g/mol. The molecule has 2 aliphatic rings. The molecule has 0 aromatic heterocycles. The Labute approximate surface area is 174 Å². The summed E-state index contributed by atoms with van der Waals surface area (Å²) in [6.45, 7) is 3.40. The predicted octanol–water partition coefficient (Wildman–Crippen LogP) is 3.73. The third kappa shape index (κ3) is 4.96. The van der Waals surface area contributed by atoms with Crippen molar-refractivity contribution in [2.24, 2.45) is 5.92 Å². The maximum absolute atomic E-state index is 13.0. The Balaban J connectivity index is 1.76. The topological polar surface area (TPSA) is 70.7 Å². The summed E-state index contributed by atoms with van der Waals surface area (Å²) in [5.41, 5.74) is 0.571. The van der Waals surface area contributed by atoms with Gasteiger partial charge in [0.1, 0.15) is 5.75 Å². The number of hydrogen-bond donors (Lipinski definition) is 2. The lowest BCUT2D eigenvalue weighted by Gasteiger charge is -2.30. The van der Waals surface area contributed by atoms with Gasteiger partial charge in [0.25, 0.3) is 0 Å². The van der Waals surface area contributed by atoms with E-state index in [4.69, 9.17) is 17.0 Å². The molecule has 0 spiro atoms. The van der Waals surface area contributed by atoms with Gasteiger partial charge in [-0.15, -0.1) is 0 Å². The lowest BCUT2D eigenvalue weighted by molar-refractivity contribution is 0.309. The summed E-state index contributed by atoms with van der Waals surface area (Å²) in [7, 11) is -1.94. The van der Waals surface area contributed by atoms with E-state index in [1.807, 2.05) is 0 Å². The Morgan fingerprint density at radius 3 is 2.54 bits per heavy atom. The van der Waals surface area contributed by atoms with Crippen molar-refractivity contribution in [2.45, 2.75) is 62.8 Å². The van der Waals surface area contributed by atoms with Gasteiger partial charge >= 0.3 is 0 Å². The SMILES string of the molecule is COc1ccc(S(=O)(=O)N2CCCCC2)cc1NC(=S)N[C@H]1CCCC[C@H]1C. The van der Waals surface area contributed by atoms with Crippen LogP contribution in [-0.2, 0) is 10.0 Å². The highest BCUT2D eigenvalue weighted by Crippen LogP contribution is 2.30. The largest absolute Gasteiger partial charge is 0.495 e. The zero-order valence-electron chi connectivity index (χ0n) is 16.7. The molecular formula is C20H31N3O3S2. The fraction of sp³-hybridized carbons (Fsp3) is 0.650. The van der Waals surface area contributed by atoms with Crippen LogP contribution >= 0.6 is 12.2 Å². The van der Waals surface area contributed by atoms with Crippen molar-refractivity contribution in [3.63, 3.8) is 0 Å². The van der Waals surface area contributed by atoms with Crippen LogP contribution in [0, 0.1) is 5.92 Å². The third-order valence-electron chi connectivity index (χ3n) is 5.80. The van der Waals surface area contributed by atoms with Crippen LogP contribution in [0.25, 0.3) is 0 Å². The van der Waals surface area contributed by atoms with Gasteiger partial charge in [-0.3, -0.25) is 0 Å². The number of benzene rings is 1. The number of ether oxygens (including phenoxy) is 1. The first-order valence-electron chi connectivity index (χ1n) is 10.2. The van der Waals surface area contributed by atoms with Crippen molar-refractivity contribution in [3.8, 4) is 5.75 Å². The number of methoxy groups -OCH3 is 1. The molecule has 1 aromatic carbocycles. The number of nitrogens with zero attached hydrogens (tertiary/aromatic N) is 1. The zero-order valence-corrected chi connectivity index (χ0v) is 18.4. The van der Waals surface area contributed by atoms with Crippen LogP contribution in [0.15, 0.2) is 23.1 Å². The Bertz CT molecular complexity index is 792. The molecule has 2 N–H and O–H groups in total. The van der Waals surface area contributed by atoms with Crippen LogP contribution in [0.3, 0.4) is 0 Å². The van der Waals surface area contributed by atoms with E-state index in [1.54, 1.807) is 29.6 Å². The van der Waals surface area contributed by atoms with Crippen molar-refractivity contribution in [2.75, 3.05) is 25.5 Å². The van der Waals surface area contributed by atoms with E-state index in [0.29, 0.717) is 41.6 Å². The Hall–Kier alpha value is -1.38. The van der Waals surface area contributed by atoms with Crippen molar-refractivity contribution >= 4 is 33.0 Å². The standard InChI is InChI=1S/C20H31N3O3S2/c1-15-8-4-5-9-17(15)21-20(27)22-18-14-16(10-11-19(18)26-2)28(24,25)23-12-6-3-7-13-23/h10-11,14-15,17H,3-9,12-13H2,1-2H3,(H2,21,22,27)/t15-,17+/m1/s1. The van der Waals surface area contributed by atoms with Crippen molar-refractivity contribution in [1.29, 1.82) is 0 Å². The highest BCUT2D eigenvalue weighted by Gasteiger charge is 2.27. The van der Waals surface area contributed by atoms with E-state index in [-0.39, 0.29) is 4.90 Å². The number of piperidine rings is 1. The minimum Gasteiger partial charge on any atom is -0.495 e. The van der Waals surface area contributed by atoms with Crippen molar-refractivity contribution in [3.05, 3.63) is 18.2 Å². The van der Waals surface area contributed by atoms with Crippen molar-refractivity contribution in [1.82, 2.24) is 9.62 Å². The monoisotopic (exact) mass is 425 g/mol. The highest BCUT2D eigenvalue weighted by atomic mass is 32.2. The second-order valence-electron chi connectivity index (χ2n) is 7.79. The first kappa shape index (κ1) is 21.3. The quantitative estimate of drug-likeness (QED) is 0.701. The summed E-state index contributed by atoms with van der Waals surface area (Å²) < 4.78 is 33.0. The molecule has 0 amide bonds. The number of hydrogen-bond acceptors (Lipinski definition) is 4. The number of rotatable bonds is 5. The summed E-state index contributed by atoms with van der Waals surface area (Å²) in [6, 6.07) is 5.26. The van der Waals surface area contributed by atoms with Gasteiger partial charge in [0, 0.05) is 19.1 Å². The fourth-order valence-electron chi connectivity index (χ4n) is 4.06. The normalized spacial score (nSPS) is 23.8. The second-order valence-corrected chi connectivity index (χ2v) is 10.1. The minimum absolute atomic E-state index is 0.270. The zero-order chi connectivity index (χ0) is 20.1. The molecule has 3 rings (SSSR count). The van der Waals surface area contributed by atoms with E-state index in [2.05, 4.69) is 17.6 Å². The van der Waals surface area contributed by atoms with Gasteiger partial charge in [-0.2, -0.15) is 4.31 Å². The number of nitrogens with one attached hydrogen (secondary N) is 2. The van der Waals surface area contributed by atoms with Crippen LogP contribution in [-0.4, -0.2) is 44.1 Å². The van der Waals surface area contributed by atoms with E-state index in [0.717, 1.165) is 25.7 Å². The first-order valence-corrected chi connectivity index (χ1v) is 12.0. The predicted molar refractivity (Wildman–Crippen MR) is 116 cm³/mol. The maximum Gasteiger partial charge on any atom is 0.243 e. The smallest absolute Gasteiger partial charge is 0.243 e. The highest BCUT2D eigenvalue weighted by molar-refractivity contribution is 7.89. The number of thiocarbonyl (C=S) groups is 1. The van der Waals surface area contributed by atoms with E-state index < -0.39 is 10.0 Å². The molecule has 1 saturated carbocycles. The van der Waals surface area contributed by atoms with Gasteiger partial charge in [-0.25, -0.2) is 8.42 Å². The third-order valence-corrected chi connectivity index (χ3v) is 7.91. The molecule has 2 fully saturated rings. The van der Waals surface area contributed by atoms with Crippen LogP contribution in [0.2, 0.25) is 0 Å². The van der Waals surface area contributed by atoms with Gasteiger partial charge < -0.3 is 15.4 Å². The van der Waals surface area contributed by atoms with Gasteiger partial charge in [0.15, 0.2) is 5.11 Å². The molecule has 0 radical (unpaired) electrons. The first-order chi connectivity index (χ1) is 13.4.